The Bertz CT molecular complexity index is 829. The Balaban J connectivity index is 1.35. The van der Waals surface area contributed by atoms with Gasteiger partial charge in [-0.3, -0.25) is 9.69 Å². The molecular weight excluding hydrogens is 367 g/mol. The van der Waals surface area contributed by atoms with Crippen LogP contribution in [0, 0.1) is 5.82 Å². The minimum atomic E-state index is -0.249. The number of rotatable bonds is 5. The van der Waals surface area contributed by atoms with Gasteiger partial charge in [0.1, 0.15) is 12.4 Å². The average Bonchev–Trinajstić information content (AvgIpc) is 2.92. The number of hydrogen-bond acceptors (Lipinski definition) is 3. The minimum absolute atomic E-state index is 0.0902. The van der Waals surface area contributed by atoms with Gasteiger partial charge in [-0.25, -0.2) is 4.39 Å². The highest BCUT2D eigenvalue weighted by Gasteiger charge is 2.40. The number of ether oxygens (including phenoxy) is 1. The second kappa shape index (κ2) is 9.06. The van der Waals surface area contributed by atoms with Crippen molar-refractivity contribution < 1.29 is 13.9 Å². The van der Waals surface area contributed by atoms with E-state index in [-0.39, 0.29) is 23.9 Å². The van der Waals surface area contributed by atoms with Gasteiger partial charge in [-0.2, -0.15) is 0 Å². The maximum atomic E-state index is 13.5. The standard InChI is InChI=1S/C24H29FN2O2/c25-22-9-4-8-21(16-22)17-26-13-5-11-24(12-15-26)19-27(23(28)18-29-24)14-10-20-6-2-1-3-7-20/h1-4,6-9,16H,5,10-15,17-19H2/t24-/m0/s1. The van der Waals surface area contributed by atoms with Gasteiger partial charge in [0.05, 0.1) is 5.60 Å². The van der Waals surface area contributed by atoms with Crippen LogP contribution < -0.4 is 0 Å². The van der Waals surface area contributed by atoms with E-state index in [9.17, 15) is 9.18 Å². The van der Waals surface area contributed by atoms with Crippen LogP contribution in [0.3, 0.4) is 0 Å². The zero-order valence-corrected chi connectivity index (χ0v) is 16.9. The zero-order valence-electron chi connectivity index (χ0n) is 16.9. The molecule has 0 radical (unpaired) electrons. The summed E-state index contributed by atoms with van der Waals surface area (Å²) in [5.74, 6) is -0.0932. The summed E-state index contributed by atoms with van der Waals surface area (Å²) < 4.78 is 19.6. The van der Waals surface area contributed by atoms with Gasteiger partial charge in [-0.1, -0.05) is 42.5 Å². The topological polar surface area (TPSA) is 32.8 Å². The minimum Gasteiger partial charge on any atom is -0.363 e. The van der Waals surface area contributed by atoms with Crippen molar-refractivity contribution in [2.75, 3.05) is 32.8 Å². The average molecular weight is 397 g/mol. The van der Waals surface area contributed by atoms with E-state index >= 15 is 0 Å². The first kappa shape index (κ1) is 20.0. The van der Waals surface area contributed by atoms with Crippen LogP contribution in [0.4, 0.5) is 4.39 Å². The highest BCUT2D eigenvalue weighted by Crippen LogP contribution is 2.31. The van der Waals surface area contributed by atoms with Crippen LogP contribution in [0.15, 0.2) is 54.6 Å². The number of benzene rings is 2. The van der Waals surface area contributed by atoms with E-state index < -0.39 is 0 Å². The third-order valence-electron chi connectivity index (χ3n) is 6.13. The predicted molar refractivity (Wildman–Crippen MR) is 111 cm³/mol. The van der Waals surface area contributed by atoms with E-state index in [2.05, 4.69) is 17.0 Å². The zero-order chi connectivity index (χ0) is 20.1. The molecule has 0 N–H and O–H groups in total. The molecule has 0 bridgehead atoms. The van der Waals surface area contributed by atoms with Crippen molar-refractivity contribution in [3.63, 3.8) is 0 Å². The molecule has 154 valence electrons. The molecule has 4 nitrogen and oxygen atoms in total. The molecule has 4 rings (SSSR count). The Morgan fingerprint density at radius 3 is 2.66 bits per heavy atom. The summed E-state index contributed by atoms with van der Waals surface area (Å²) in [5, 5.41) is 0. The number of morpholine rings is 1. The fourth-order valence-electron chi connectivity index (χ4n) is 4.48. The van der Waals surface area contributed by atoms with Crippen LogP contribution >= 0.6 is 0 Å². The first-order valence-corrected chi connectivity index (χ1v) is 10.5. The molecule has 0 unspecified atom stereocenters. The van der Waals surface area contributed by atoms with Crippen LogP contribution in [0.5, 0.6) is 0 Å². The number of likely N-dealkylation sites (tertiary alicyclic amines) is 1. The second-order valence-electron chi connectivity index (χ2n) is 8.28. The molecule has 29 heavy (non-hydrogen) atoms. The molecule has 5 heteroatoms. The molecule has 1 atom stereocenters. The quantitative estimate of drug-likeness (QED) is 0.773. The molecule has 2 heterocycles. The number of halogens is 1. The van der Waals surface area contributed by atoms with E-state index in [1.165, 1.54) is 11.6 Å². The molecule has 2 aliphatic heterocycles. The van der Waals surface area contributed by atoms with E-state index in [4.69, 9.17) is 4.74 Å². The Kier molecular flexibility index (Phi) is 6.26. The van der Waals surface area contributed by atoms with Gasteiger partial charge in [-0.15, -0.1) is 0 Å². The fraction of sp³-hybridized carbons (Fsp3) is 0.458. The smallest absolute Gasteiger partial charge is 0.248 e. The number of nitrogens with zero attached hydrogens (tertiary/aromatic N) is 2. The lowest BCUT2D eigenvalue weighted by Gasteiger charge is -2.42. The van der Waals surface area contributed by atoms with Crippen molar-refractivity contribution in [1.82, 2.24) is 9.80 Å². The van der Waals surface area contributed by atoms with Crippen LogP contribution in [0.2, 0.25) is 0 Å². The Morgan fingerprint density at radius 1 is 1.00 bits per heavy atom. The van der Waals surface area contributed by atoms with Gasteiger partial charge in [-0.05, 0) is 55.5 Å². The number of amides is 1. The molecule has 2 aromatic carbocycles. The maximum Gasteiger partial charge on any atom is 0.248 e. The van der Waals surface area contributed by atoms with Gasteiger partial charge in [0.15, 0.2) is 0 Å². The lowest BCUT2D eigenvalue weighted by Crippen LogP contribution is -2.55. The van der Waals surface area contributed by atoms with E-state index in [0.717, 1.165) is 57.4 Å². The molecule has 1 amide bonds. The van der Waals surface area contributed by atoms with Crippen LogP contribution in [-0.4, -0.2) is 54.1 Å². The van der Waals surface area contributed by atoms with Crippen molar-refractivity contribution in [2.45, 2.75) is 37.8 Å². The number of carbonyl (C=O) groups is 1. The molecule has 2 aliphatic rings. The summed E-state index contributed by atoms with van der Waals surface area (Å²) in [5.41, 5.74) is 2.01. The summed E-state index contributed by atoms with van der Waals surface area (Å²) in [7, 11) is 0. The fourth-order valence-corrected chi connectivity index (χ4v) is 4.48. The molecule has 0 aliphatic carbocycles. The maximum absolute atomic E-state index is 13.5. The third kappa shape index (κ3) is 5.22. The molecule has 2 aromatic rings. The monoisotopic (exact) mass is 396 g/mol. The summed E-state index contributed by atoms with van der Waals surface area (Å²) in [4.78, 5) is 16.8. The molecule has 1 spiro atoms. The molecule has 2 fully saturated rings. The second-order valence-corrected chi connectivity index (χ2v) is 8.28. The van der Waals surface area contributed by atoms with Crippen LogP contribution in [0.25, 0.3) is 0 Å². The summed E-state index contributed by atoms with van der Waals surface area (Å²) in [6.07, 6.45) is 3.75. The Morgan fingerprint density at radius 2 is 1.83 bits per heavy atom. The van der Waals surface area contributed by atoms with Gasteiger partial charge in [0.2, 0.25) is 5.91 Å². The lowest BCUT2D eigenvalue weighted by molar-refractivity contribution is -0.165. The summed E-state index contributed by atoms with van der Waals surface area (Å²) in [6, 6.07) is 17.1. The lowest BCUT2D eigenvalue weighted by atomic mass is 9.92. The van der Waals surface area contributed by atoms with Crippen molar-refractivity contribution >= 4 is 5.91 Å². The van der Waals surface area contributed by atoms with Gasteiger partial charge in [0.25, 0.3) is 0 Å². The molecule has 2 saturated heterocycles. The summed E-state index contributed by atoms with van der Waals surface area (Å²) >= 11 is 0. The van der Waals surface area contributed by atoms with Gasteiger partial charge < -0.3 is 9.64 Å². The van der Waals surface area contributed by atoms with Crippen molar-refractivity contribution in [2.24, 2.45) is 0 Å². The number of hydrogen-bond donors (Lipinski definition) is 0. The highest BCUT2D eigenvalue weighted by molar-refractivity contribution is 5.78. The van der Waals surface area contributed by atoms with Crippen LogP contribution in [-0.2, 0) is 22.5 Å². The van der Waals surface area contributed by atoms with Gasteiger partial charge in [0, 0.05) is 26.2 Å². The van der Waals surface area contributed by atoms with Crippen molar-refractivity contribution in [3.8, 4) is 0 Å². The third-order valence-corrected chi connectivity index (χ3v) is 6.13. The Hall–Kier alpha value is -2.24. The largest absolute Gasteiger partial charge is 0.363 e. The Labute approximate surface area is 172 Å². The number of carbonyl (C=O) groups excluding carboxylic acids is 1. The highest BCUT2D eigenvalue weighted by atomic mass is 19.1. The summed E-state index contributed by atoms with van der Waals surface area (Å²) in [6.45, 7) is 4.22. The normalized spacial score (nSPS) is 23.3. The predicted octanol–water partition coefficient (Wildman–Crippen LogP) is 3.65. The van der Waals surface area contributed by atoms with Crippen molar-refractivity contribution in [3.05, 3.63) is 71.5 Å². The van der Waals surface area contributed by atoms with E-state index in [0.29, 0.717) is 6.54 Å². The van der Waals surface area contributed by atoms with E-state index in [1.807, 2.05) is 29.2 Å². The molecular formula is C24H29FN2O2. The SMILES string of the molecule is O=C1CO[C@]2(CCCN(Cc3cccc(F)c3)CC2)CN1CCc1ccccc1. The molecule has 0 saturated carbocycles. The van der Waals surface area contributed by atoms with Crippen molar-refractivity contribution in [1.29, 1.82) is 0 Å². The molecule has 0 aromatic heterocycles. The first-order valence-electron chi connectivity index (χ1n) is 10.5. The first-order chi connectivity index (χ1) is 14.1. The van der Waals surface area contributed by atoms with E-state index in [1.54, 1.807) is 12.1 Å². The van der Waals surface area contributed by atoms with Crippen LogP contribution in [0.1, 0.15) is 30.4 Å². The van der Waals surface area contributed by atoms with Gasteiger partial charge >= 0.3 is 0 Å².